The third-order valence-electron chi connectivity index (χ3n) is 19.2. The predicted molar refractivity (Wildman–Crippen MR) is 318 cm³/mol. The number of β-amino-alcohol motifs (C(OH)–C–C–N with tert-alkyl or cyclic N) is 1. The molecule has 2 amide bonds. The molecule has 10 heterocycles. The highest BCUT2D eigenvalue weighted by molar-refractivity contribution is 7.13. The van der Waals surface area contributed by atoms with Gasteiger partial charge in [-0.3, -0.25) is 14.5 Å². The summed E-state index contributed by atoms with van der Waals surface area (Å²) in [6.07, 6.45) is 12.5. The molecule has 8 atom stereocenters. The quantitative estimate of drug-likeness (QED) is 0.0671. The smallest absolute Gasteiger partial charge is 0.243 e. The molecule has 6 saturated heterocycles. The molecule has 1 saturated carbocycles. The lowest BCUT2D eigenvalue weighted by molar-refractivity contribution is -0.141. The molecular weight excluding hydrogens is 1070 g/mol. The molecule has 4 bridgehead atoms. The van der Waals surface area contributed by atoms with Crippen LogP contribution < -0.4 is 30.5 Å². The fourth-order valence-corrected chi connectivity index (χ4v) is 15.6. The van der Waals surface area contributed by atoms with Crippen LogP contribution in [-0.2, 0) is 14.3 Å². The normalized spacial score (nSPS) is 27.0. The number of phenols is 1. The monoisotopic (exact) mass is 1150 g/mol. The van der Waals surface area contributed by atoms with Gasteiger partial charge < -0.3 is 54.9 Å². The molecule has 2 aromatic carbocycles. The van der Waals surface area contributed by atoms with Gasteiger partial charge in [0.2, 0.25) is 17.7 Å². The fourth-order valence-electron chi connectivity index (χ4n) is 14.7. The number of likely N-dealkylation sites (tertiary alicyclic amines) is 1. The number of carbonyl (C=O) groups is 2. The number of benzene rings is 2. The minimum atomic E-state index is -0.803. The molecule has 4 aromatic heterocycles. The van der Waals surface area contributed by atoms with Gasteiger partial charge in [0.25, 0.3) is 0 Å². The number of amides is 2. The SMILES string of the molecule is Cc1ncsc1-c1ccc([C@H](C)NC(=O)[C@@H]2C[C@@H](O)CN2C(=O)[C@@H](c2cc(N3CCC(CN4C5CCC4CC(OC4CC(Oc6cc(N7C8CC[C@@H]7CN(c7cc(-c9ccccc9O)nnc7N)C8)ccn6)C4)C5)CC3)no2)C(C)C)cc1. The summed E-state index contributed by atoms with van der Waals surface area (Å²) < 4.78 is 19.3. The summed E-state index contributed by atoms with van der Waals surface area (Å²) >= 11 is 1.60. The van der Waals surface area contributed by atoms with E-state index >= 15 is 0 Å². The number of nitrogens with two attached hydrogens (primary N) is 1. The van der Waals surface area contributed by atoms with Crippen molar-refractivity contribution in [3.05, 3.63) is 102 Å². The van der Waals surface area contributed by atoms with Gasteiger partial charge in [0, 0.05) is 112 Å². The number of aromatic nitrogens is 5. The van der Waals surface area contributed by atoms with Crippen molar-refractivity contribution in [2.45, 2.75) is 165 Å². The number of rotatable bonds is 17. The molecule has 20 heteroatoms. The Morgan fingerprint density at radius 1 is 0.819 bits per heavy atom. The number of aromatic hydroxyl groups is 1. The van der Waals surface area contributed by atoms with Gasteiger partial charge in [-0.1, -0.05) is 55.4 Å². The topological polar surface area (TPSA) is 225 Å². The lowest BCUT2D eigenvalue weighted by Gasteiger charge is -2.44. The Hall–Kier alpha value is -6.87. The minimum Gasteiger partial charge on any atom is -0.507 e. The zero-order valence-electron chi connectivity index (χ0n) is 48.0. The molecule has 0 radical (unpaired) electrons. The number of nitrogen functional groups attached to an aromatic ring is 1. The van der Waals surface area contributed by atoms with E-state index in [2.05, 4.69) is 62.4 Å². The lowest BCUT2D eigenvalue weighted by Crippen LogP contribution is -2.54. The van der Waals surface area contributed by atoms with Crippen LogP contribution in [0, 0.1) is 18.8 Å². The number of anilines is 4. The van der Waals surface area contributed by atoms with Gasteiger partial charge in [0.05, 0.1) is 51.8 Å². The van der Waals surface area contributed by atoms with Crippen molar-refractivity contribution in [1.82, 2.24) is 40.4 Å². The van der Waals surface area contributed by atoms with E-state index in [-0.39, 0.29) is 60.8 Å². The van der Waals surface area contributed by atoms with Crippen molar-refractivity contribution in [2.24, 2.45) is 11.8 Å². The van der Waals surface area contributed by atoms with Gasteiger partial charge in [-0.05, 0) is 112 Å². The van der Waals surface area contributed by atoms with Crippen LogP contribution in [0.5, 0.6) is 11.6 Å². The summed E-state index contributed by atoms with van der Waals surface area (Å²) in [7, 11) is 0. The molecule has 19 nitrogen and oxygen atoms in total. The van der Waals surface area contributed by atoms with E-state index in [1.165, 1.54) is 12.8 Å². The molecule has 7 fully saturated rings. The first-order valence-electron chi connectivity index (χ1n) is 30.3. The lowest BCUT2D eigenvalue weighted by atomic mass is 9.90. The van der Waals surface area contributed by atoms with Crippen molar-refractivity contribution in [2.75, 3.05) is 59.7 Å². The van der Waals surface area contributed by atoms with Crippen LogP contribution >= 0.6 is 11.3 Å². The summed E-state index contributed by atoms with van der Waals surface area (Å²) in [4.78, 5) is 50.0. The first-order chi connectivity index (χ1) is 40.3. The molecule has 5 N–H and O–H groups in total. The van der Waals surface area contributed by atoms with Crippen molar-refractivity contribution in [3.63, 3.8) is 0 Å². The van der Waals surface area contributed by atoms with E-state index in [4.69, 9.17) is 19.7 Å². The number of piperazine rings is 1. The number of fused-ring (bicyclic) bond motifs is 4. The van der Waals surface area contributed by atoms with Gasteiger partial charge in [0.1, 0.15) is 23.8 Å². The first kappa shape index (κ1) is 55.3. The van der Waals surface area contributed by atoms with E-state index in [0.29, 0.717) is 58.8 Å². The number of nitrogens with zero attached hydrogens (tertiary/aromatic N) is 10. The standard InChI is InChI=1S/C63H78N12O7S/c1-36(2)59(63(79)74-34-47(76)26-54(74)62(78)67-37(3)40-9-11-41(12-10-40)60-38(4)66-35-83-60)56-30-57(70-82-56)71-21-18-39(19-22-71)31-73-42-13-14-43(73)24-48(23-42)80-49-27-50(28-49)81-58-25-44(17-20-65-58)75-45-15-16-46(75)33-72(32-45)53-29-52(68-69-61(53)64)51-7-5-6-8-55(51)77/h5-12,17,20,25,29-30,35-37,39,42-43,45-50,54,59,76-77H,13-16,18-19,21-24,26-28,31-34H2,1-4H3,(H2,64,69)(H,67,78)/t37-,42?,43?,45+,46?,47+,48?,49?,50?,54-,59+/m0/s1. The summed E-state index contributed by atoms with van der Waals surface area (Å²) in [6.45, 7) is 12.4. The van der Waals surface area contributed by atoms with Gasteiger partial charge >= 0.3 is 0 Å². The molecule has 6 aromatic rings. The van der Waals surface area contributed by atoms with E-state index in [9.17, 15) is 19.8 Å². The second-order valence-electron chi connectivity index (χ2n) is 25.0. The predicted octanol–water partition coefficient (Wildman–Crippen LogP) is 8.52. The van der Waals surface area contributed by atoms with E-state index in [1.807, 2.05) is 87.9 Å². The Morgan fingerprint density at radius 2 is 1.54 bits per heavy atom. The van der Waals surface area contributed by atoms with Crippen molar-refractivity contribution in [3.8, 4) is 33.3 Å². The number of aliphatic hydroxyl groups excluding tert-OH is 1. The number of nitrogens with one attached hydrogen (secondary N) is 1. The Morgan fingerprint density at radius 3 is 2.25 bits per heavy atom. The number of aliphatic hydroxyl groups is 1. The molecule has 7 aliphatic rings. The second kappa shape index (κ2) is 23.3. The number of carbonyl (C=O) groups excluding carboxylic acids is 2. The largest absolute Gasteiger partial charge is 0.507 e. The molecule has 1 aliphatic carbocycles. The van der Waals surface area contributed by atoms with Gasteiger partial charge in [0.15, 0.2) is 17.4 Å². The summed E-state index contributed by atoms with van der Waals surface area (Å²) in [6, 6.07) is 24.0. The molecule has 3 unspecified atom stereocenters. The highest BCUT2D eigenvalue weighted by Crippen LogP contribution is 2.43. The first-order valence-corrected chi connectivity index (χ1v) is 31.1. The molecule has 83 heavy (non-hydrogen) atoms. The Balaban J connectivity index is 0.552. The molecule has 438 valence electrons. The van der Waals surface area contributed by atoms with Gasteiger partial charge in [-0.25, -0.2) is 9.97 Å². The van der Waals surface area contributed by atoms with Crippen molar-refractivity contribution < 1.29 is 33.8 Å². The van der Waals surface area contributed by atoms with Gasteiger partial charge in [-0.15, -0.1) is 21.5 Å². The Labute approximate surface area is 489 Å². The van der Waals surface area contributed by atoms with E-state index < -0.39 is 18.1 Å². The van der Waals surface area contributed by atoms with Crippen LogP contribution in [0.4, 0.5) is 23.0 Å². The third-order valence-corrected chi connectivity index (χ3v) is 20.2. The number of thiazole rings is 1. The molecule has 13 rings (SSSR count). The molecule has 6 aliphatic heterocycles. The van der Waals surface area contributed by atoms with Gasteiger partial charge in [-0.2, -0.15) is 0 Å². The maximum atomic E-state index is 14.5. The maximum absolute atomic E-state index is 14.5. The van der Waals surface area contributed by atoms with Crippen LogP contribution in [0.3, 0.4) is 0 Å². The number of aryl methyl sites for hydroxylation is 1. The van der Waals surface area contributed by atoms with Crippen LogP contribution in [0.2, 0.25) is 0 Å². The van der Waals surface area contributed by atoms with E-state index in [0.717, 1.165) is 123 Å². The Bertz CT molecular complexity index is 3240. The number of phenolic OH excluding ortho intramolecular Hbond substituents is 1. The highest BCUT2D eigenvalue weighted by Gasteiger charge is 2.47. The number of ether oxygens (including phenoxy) is 2. The summed E-state index contributed by atoms with van der Waals surface area (Å²) in [5.41, 5.74) is 14.5. The zero-order valence-corrected chi connectivity index (χ0v) is 48.8. The number of pyridine rings is 1. The number of hydrogen-bond acceptors (Lipinski definition) is 18. The van der Waals surface area contributed by atoms with E-state index in [1.54, 1.807) is 28.4 Å². The van der Waals surface area contributed by atoms with Crippen molar-refractivity contribution in [1.29, 1.82) is 0 Å². The Kier molecular flexibility index (Phi) is 15.5. The fraction of sp³-hybridized carbons (Fsp3) is 0.540. The average molecular weight is 1150 g/mol. The van der Waals surface area contributed by atoms with Crippen LogP contribution in [0.1, 0.15) is 120 Å². The highest BCUT2D eigenvalue weighted by atomic mass is 32.1. The summed E-state index contributed by atoms with van der Waals surface area (Å²) in [5.74, 6) is 1.76. The zero-order chi connectivity index (χ0) is 57.0. The third kappa shape index (κ3) is 11.4. The number of hydrogen-bond donors (Lipinski definition) is 4. The average Bonchev–Trinajstić information content (AvgIpc) is 4.35. The van der Waals surface area contributed by atoms with Crippen molar-refractivity contribution >= 4 is 46.2 Å². The summed E-state index contributed by atoms with van der Waals surface area (Å²) in [5, 5.41) is 37.6. The minimum absolute atomic E-state index is 0.0862. The molecular formula is C63H78N12O7S. The van der Waals surface area contributed by atoms with Crippen LogP contribution in [0.15, 0.2) is 89.0 Å². The maximum Gasteiger partial charge on any atom is 0.243 e. The second-order valence-corrected chi connectivity index (χ2v) is 25.8. The molecule has 0 spiro atoms. The number of para-hydroxylation sites is 1. The number of piperidine rings is 2. The van der Waals surface area contributed by atoms with Crippen LogP contribution in [-0.4, -0.2) is 151 Å². The van der Waals surface area contributed by atoms with Crippen LogP contribution in [0.25, 0.3) is 21.7 Å².